The molecule has 5 rings (SSSR count). The van der Waals surface area contributed by atoms with Gasteiger partial charge in [0.15, 0.2) is 0 Å². The Hall–Kier alpha value is -3.15. The highest BCUT2D eigenvalue weighted by Gasteiger charge is 2.30. The molecule has 0 N–H and O–H groups in total. The molecule has 0 atom stereocenters. The molecule has 0 fully saturated rings. The third kappa shape index (κ3) is 1.89. The van der Waals surface area contributed by atoms with Gasteiger partial charge in [0.25, 0.3) is 0 Å². The van der Waals surface area contributed by atoms with E-state index < -0.39 is 5.82 Å². The summed E-state index contributed by atoms with van der Waals surface area (Å²) >= 11 is 0. The molecule has 0 amide bonds. The third-order valence-electron chi connectivity index (χ3n) is 5.25. The minimum atomic E-state index is -0.396. The van der Waals surface area contributed by atoms with Crippen LogP contribution in [0, 0.1) is 5.82 Å². The van der Waals surface area contributed by atoms with E-state index in [1.165, 1.54) is 12.1 Å². The molecule has 6 heteroatoms. The molecule has 4 aromatic rings. The minimum Gasteiger partial charge on any atom is -0.497 e. The Morgan fingerprint density at radius 3 is 2.69 bits per heavy atom. The van der Waals surface area contributed by atoms with Crippen LogP contribution in [0.4, 0.5) is 4.39 Å². The van der Waals surface area contributed by atoms with Gasteiger partial charge in [0, 0.05) is 10.9 Å². The number of methoxy groups -OCH3 is 1. The zero-order chi connectivity index (χ0) is 18.0. The van der Waals surface area contributed by atoms with E-state index in [2.05, 4.69) is 10.6 Å². The van der Waals surface area contributed by atoms with Crippen molar-refractivity contribution < 1.29 is 13.7 Å². The maximum atomic E-state index is 13.7. The van der Waals surface area contributed by atoms with Gasteiger partial charge in [0.1, 0.15) is 34.7 Å². The molecular formula is C20H17FN3O2+. The van der Waals surface area contributed by atoms with E-state index in [4.69, 9.17) is 4.74 Å². The molecule has 26 heavy (non-hydrogen) atoms. The third-order valence-corrected chi connectivity index (χ3v) is 5.25. The number of benzene rings is 2. The normalized spacial score (nSPS) is 13.0. The topological polar surface area (TPSA) is 40.0 Å². The molecule has 2 aromatic carbocycles. The van der Waals surface area contributed by atoms with E-state index >= 15 is 0 Å². The number of nitrogens with zero attached hydrogens (tertiary/aromatic N) is 3. The summed E-state index contributed by atoms with van der Waals surface area (Å²) in [5.41, 5.74) is 2.66. The van der Waals surface area contributed by atoms with E-state index in [0.29, 0.717) is 18.5 Å². The lowest BCUT2D eigenvalue weighted by Crippen LogP contribution is -2.44. The first kappa shape index (κ1) is 15.1. The molecule has 0 unspecified atom stereocenters. The van der Waals surface area contributed by atoms with E-state index in [9.17, 15) is 9.18 Å². The van der Waals surface area contributed by atoms with Crippen LogP contribution in [0.1, 0.15) is 0 Å². The van der Waals surface area contributed by atoms with Crippen LogP contribution in [0.5, 0.6) is 5.75 Å². The predicted octanol–water partition coefficient (Wildman–Crippen LogP) is 2.61. The fourth-order valence-corrected chi connectivity index (χ4v) is 4.03. The Balaban J connectivity index is 1.89. The number of aryl methyl sites for hydroxylation is 2. The molecular weight excluding hydrogens is 333 g/mol. The minimum absolute atomic E-state index is 0.151. The Morgan fingerprint density at radius 1 is 1.08 bits per heavy atom. The summed E-state index contributed by atoms with van der Waals surface area (Å²) in [4.78, 5) is 13.0. The summed E-state index contributed by atoms with van der Waals surface area (Å²) < 4.78 is 24.9. The van der Waals surface area contributed by atoms with Crippen LogP contribution in [0.25, 0.3) is 33.3 Å². The van der Waals surface area contributed by atoms with Gasteiger partial charge < -0.3 is 9.30 Å². The van der Waals surface area contributed by atoms with E-state index in [-0.39, 0.29) is 5.56 Å². The van der Waals surface area contributed by atoms with E-state index in [1.54, 1.807) is 17.7 Å². The van der Waals surface area contributed by atoms with Crippen molar-refractivity contribution in [3.63, 3.8) is 0 Å². The van der Waals surface area contributed by atoms with Crippen LogP contribution in [0.3, 0.4) is 0 Å². The zero-order valence-electron chi connectivity index (χ0n) is 14.5. The summed E-state index contributed by atoms with van der Waals surface area (Å²) in [5.74, 6) is 1.24. The average molecular weight is 350 g/mol. The molecule has 0 saturated carbocycles. The average Bonchev–Trinajstić information content (AvgIpc) is 3.03. The molecule has 130 valence electrons. The van der Waals surface area contributed by atoms with Gasteiger partial charge in [0.05, 0.1) is 20.7 Å². The first-order valence-electron chi connectivity index (χ1n) is 8.48. The Bertz CT molecular complexity index is 1270. The van der Waals surface area contributed by atoms with Crippen molar-refractivity contribution in [2.45, 2.75) is 13.1 Å². The van der Waals surface area contributed by atoms with Crippen LogP contribution in [0.15, 0.2) is 47.3 Å². The SMILES string of the molecule is COc1ccc2c(c1)cc1n2CCn2c-1[n+](C)c1ccc(F)cc1c2=O. The summed E-state index contributed by atoms with van der Waals surface area (Å²) in [6.45, 7) is 1.25. The van der Waals surface area contributed by atoms with Gasteiger partial charge >= 0.3 is 11.4 Å². The van der Waals surface area contributed by atoms with Crippen molar-refractivity contribution in [1.29, 1.82) is 0 Å². The standard InChI is InChI=1S/C20H17FN3O2/c1-22-17-5-3-13(21)11-15(17)20(25)24-8-7-23-16-6-4-14(26-2)9-12(16)10-18(23)19(22)24/h3-6,9-11H,7-8H2,1-2H3/q+1. The lowest BCUT2D eigenvalue weighted by molar-refractivity contribution is -0.638. The molecule has 0 radical (unpaired) electrons. The molecule has 1 aliphatic heterocycles. The summed E-state index contributed by atoms with van der Waals surface area (Å²) in [7, 11) is 3.57. The van der Waals surface area contributed by atoms with Crippen molar-refractivity contribution in [1.82, 2.24) is 9.13 Å². The molecule has 2 aromatic heterocycles. The lowest BCUT2D eigenvalue weighted by atomic mass is 10.2. The second-order valence-corrected chi connectivity index (χ2v) is 6.61. The zero-order valence-corrected chi connectivity index (χ0v) is 14.5. The molecule has 0 saturated heterocycles. The van der Waals surface area contributed by atoms with E-state index in [0.717, 1.165) is 33.7 Å². The number of fused-ring (bicyclic) bond motifs is 6. The molecule has 0 spiro atoms. The summed E-state index contributed by atoms with van der Waals surface area (Å²) in [6.07, 6.45) is 0. The Kier molecular flexibility index (Phi) is 3.01. The first-order chi connectivity index (χ1) is 12.6. The highest BCUT2D eigenvalue weighted by atomic mass is 19.1. The largest absolute Gasteiger partial charge is 0.497 e. The quantitative estimate of drug-likeness (QED) is 0.495. The molecule has 5 nitrogen and oxygen atoms in total. The molecule has 1 aliphatic rings. The van der Waals surface area contributed by atoms with Crippen LogP contribution >= 0.6 is 0 Å². The van der Waals surface area contributed by atoms with Gasteiger partial charge in [0.2, 0.25) is 0 Å². The monoisotopic (exact) mass is 350 g/mol. The number of halogens is 1. The van der Waals surface area contributed by atoms with Crippen molar-refractivity contribution in [3.05, 3.63) is 58.6 Å². The van der Waals surface area contributed by atoms with Crippen molar-refractivity contribution in [3.8, 4) is 17.3 Å². The Morgan fingerprint density at radius 2 is 1.88 bits per heavy atom. The van der Waals surface area contributed by atoms with Crippen molar-refractivity contribution in [2.75, 3.05) is 7.11 Å². The number of ether oxygens (including phenoxy) is 1. The van der Waals surface area contributed by atoms with Crippen LogP contribution in [0.2, 0.25) is 0 Å². The summed E-state index contributed by atoms with van der Waals surface area (Å²) in [6, 6.07) is 12.4. The highest BCUT2D eigenvalue weighted by molar-refractivity contribution is 5.87. The van der Waals surface area contributed by atoms with Crippen LogP contribution in [-0.4, -0.2) is 16.2 Å². The van der Waals surface area contributed by atoms with Gasteiger partial charge in [-0.25, -0.2) is 13.8 Å². The summed E-state index contributed by atoms with van der Waals surface area (Å²) in [5, 5.41) is 1.47. The highest BCUT2D eigenvalue weighted by Crippen LogP contribution is 2.31. The van der Waals surface area contributed by atoms with Gasteiger partial charge in [-0.05, 0) is 42.5 Å². The van der Waals surface area contributed by atoms with Gasteiger partial charge in [-0.15, -0.1) is 0 Å². The second-order valence-electron chi connectivity index (χ2n) is 6.61. The van der Waals surface area contributed by atoms with Gasteiger partial charge in [-0.2, -0.15) is 4.57 Å². The van der Waals surface area contributed by atoms with Gasteiger partial charge in [-0.1, -0.05) is 0 Å². The smallest absolute Gasteiger partial charge is 0.345 e. The maximum Gasteiger partial charge on any atom is 0.345 e. The number of hydrogen-bond donors (Lipinski definition) is 0. The Labute approximate surface area is 148 Å². The van der Waals surface area contributed by atoms with E-state index in [1.807, 2.05) is 29.8 Å². The lowest BCUT2D eigenvalue weighted by Gasteiger charge is -2.18. The molecule has 0 aliphatic carbocycles. The fraction of sp³-hybridized carbons (Fsp3) is 0.200. The van der Waals surface area contributed by atoms with Crippen molar-refractivity contribution >= 4 is 21.8 Å². The molecule has 3 heterocycles. The number of hydrogen-bond acceptors (Lipinski definition) is 2. The van der Waals surface area contributed by atoms with Crippen molar-refractivity contribution in [2.24, 2.45) is 7.05 Å². The van der Waals surface area contributed by atoms with Crippen LogP contribution in [-0.2, 0) is 20.1 Å². The predicted molar refractivity (Wildman–Crippen MR) is 96.8 cm³/mol. The number of rotatable bonds is 1. The van der Waals surface area contributed by atoms with Crippen LogP contribution < -0.4 is 14.9 Å². The molecule has 0 bridgehead atoms. The van der Waals surface area contributed by atoms with Gasteiger partial charge in [-0.3, -0.25) is 0 Å². The maximum absolute atomic E-state index is 13.7. The fourth-order valence-electron chi connectivity index (χ4n) is 4.03. The second kappa shape index (κ2) is 5.17. The number of aromatic nitrogens is 3. The first-order valence-corrected chi connectivity index (χ1v) is 8.48.